The Morgan fingerprint density at radius 1 is 1.26 bits per heavy atom. The number of hydrogen-bond donors (Lipinski definition) is 1. The van der Waals surface area contributed by atoms with E-state index in [4.69, 9.17) is 5.11 Å². The van der Waals surface area contributed by atoms with Gasteiger partial charge in [0.05, 0.1) is 5.41 Å². The van der Waals surface area contributed by atoms with Crippen molar-refractivity contribution in [3.05, 3.63) is 35.9 Å². The summed E-state index contributed by atoms with van der Waals surface area (Å²) in [7, 11) is 1.57. The summed E-state index contributed by atoms with van der Waals surface area (Å²) < 4.78 is 0. The van der Waals surface area contributed by atoms with Crippen LogP contribution in [0.5, 0.6) is 0 Å². The quantitative estimate of drug-likeness (QED) is 0.881. The van der Waals surface area contributed by atoms with Crippen molar-refractivity contribution in [3.8, 4) is 0 Å². The van der Waals surface area contributed by atoms with Crippen LogP contribution in [0.3, 0.4) is 0 Å². The van der Waals surface area contributed by atoms with E-state index in [1.807, 2.05) is 30.3 Å². The van der Waals surface area contributed by atoms with Crippen molar-refractivity contribution >= 4 is 11.9 Å². The van der Waals surface area contributed by atoms with E-state index in [2.05, 4.69) is 0 Å². The molecule has 0 spiro atoms. The van der Waals surface area contributed by atoms with Gasteiger partial charge in [-0.1, -0.05) is 36.8 Å². The van der Waals surface area contributed by atoms with E-state index in [1.54, 1.807) is 7.05 Å². The van der Waals surface area contributed by atoms with E-state index < -0.39 is 5.97 Å². The highest BCUT2D eigenvalue weighted by molar-refractivity contribution is 5.86. The van der Waals surface area contributed by atoms with Crippen molar-refractivity contribution in [1.82, 2.24) is 4.90 Å². The lowest BCUT2D eigenvalue weighted by molar-refractivity contribution is -0.152. The third-order valence-corrected chi connectivity index (χ3v) is 3.87. The topological polar surface area (TPSA) is 57.6 Å². The summed E-state index contributed by atoms with van der Waals surface area (Å²) in [6.07, 6.45) is 3.45. The lowest BCUT2D eigenvalue weighted by Crippen LogP contribution is -2.49. The molecular weight excluding hydrogens is 242 g/mol. The average molecular weight is 261 g/mol. The molecule has 1 aromatic rings. The van der Waals surface area contributed by atoms with Crippen LogP contribution >= 0.6 is 0 Å². The molecule has 0 heterocycles. The van der Waals surface area contributed by atoms with E-state index in [1.165, 1.54) is 4.90 Å². The normalized spacial score (nSPS) is 16.5. The van der Waals surface area contributed by atoms with Crippen LogP contribution < -0.4 is 0 Å². The van der Waals surface area contributed by atoms with Crippen LogP contribution in [0.25, 0.3) is 0 Å². The number of carbonyl (C=O) groups is 2. The van der Waals surface area contributed by atoms with Gasteiger partial charge in [-0.3, -0.25) is 9.59 Å². The van der Waals surface area contributed by atoms with Crippen LogP contribution in [0.4, 0.5) is 0 Å². The molecule has 1 aliphatic carbocycles. The van der Waals surface area contributed by atoms with E-state index in [0.717, 1.165) is 24.8 Å². The summed E-state index contributed by atoms with van der Waals surface area (Å²) in [6, 6.07) is 9.92. The van der Waals surface area contributed by atoms with Gasteiger partial charge in [0.25, 0.3) is 0 Å². The SMILES string of the molecule is CN(CC(=O)O)C(=O)C1(Cc2ccccc2)CCC1. The molecule has 0 saturated heterocycles. The minimum absolute atomic E-state index is 0.0370. The molecule has 1 N–H and O–H groups in total. The number of amides is 1. The molecule has 0 atom stereocenters. The lowest BCUT2D eigenvalue weighted by atomic mass is 9.64. The summed E-state index contributed by atoms with van der Waals surface area (Å²) in [4.78, 5) is 24.5. The van der Waals surface area contributed by atoms with E-state index in [9.17, 15) is 9.59 Å². The summed E-state index contributed by atoms with van der Waals surface area (Å²) in [6.45, 7) is -0.227. The van der Waals surface area contributed by atoms with Crippen molar-refractivity contribution < 1.29 is 14.7 Å². The van der Waals surface area contributed by atoms with E-state index in [-0.39, 0.29) is 17.9 Å². The van der Waals surface area contributed by atoms with Gasteiger partial charge in [-0.05, 0) is 24.8 Å². The molecule has 0 bridgehead atoms. The molecule has 1 saturated carbocycles. The summed E-state index contributed by atoms with van der Waals surface area (Å²) in [5.74, 6) is -1.00. The molecular formula is C15H19NO3. The molecule has 2 rings (SSSR count). The second-order valence-electron chi connectivity index (χ2n) is 5.35. The van der Waals surface area contributed by atoms with Crippen molar-refractivity contribution in [3.63, 3.8) is 0 Å². The Bertz CT molecular complexity index is 466. The highest BCUT2D eigenvalue weighted by atomic mass is 16.4. The molecule has 1 fully saturated rings. The van der Waals surface area contributed by atoms with E-state index >= 15 is 0 Å². The fourth-order valence-corrected chi connectivity index (χ4v) is 2.74. The van der Waals surface area contributed by atoms with Gasteiger partial charge in [0.15, 0.2) is 0 Å². The molecule has 0 aromatic heterocycles. The van der Waals surface area contributed by atoms with Gasteiger partial charge in [-0.25, -0.2) is 0 Å². The van der Waals surface area contributed by atoms with Crippen LogP contribution in [0.1, 0.15) is 24.8 Å². The molecule has 19 heavy (non-hydrogen) atoms. The molecule has 0 aliphatic heterocycles. The summed E-state index contributed by atoms with van der Waals surface area (Å²) in [5.41, 5.74) is 0.755. The second kappa shape index (κ2) is 5.43. The smallest absolute Gasteiger partial charge is 0.323 e. The predicted octanol–water partition coefficient (Wildman–Crippen LogP) is 1.94. The first-order valence-electron chi connectivity index (χ1n) is 6.55. The third kappa shape index (κ3) is 2.95. The standard InChI is InChI=1S/C15H19NO3/c1-16(11-13(17)18)14(19)15(8-5-9-15)10-12-6-3-2-4-7-12/h2-4,6-7H,5,8-11H2,1H3,(H,17,18). The molecule has 0 unspecified atom stereocenters. The minimum atomic E-state index is -0.968. The maximum atomic E-state index is 12.4. The number of carbonyl (C=O) groups excluding carboxylic acids is 1. The number of benzene rings is 1. The maximum absolute atomic E-state index is 12.4. The second-order valence-corrected chi connectivity index (χ2v) is 5.35. The molecule has 4 nitrogen and oxygen atoms in total. The van der Waals surface area contributed by atoms with Crippen LogP contribution in [0.2, 0.25) is 0 Å². The average Bonchev–Trinajstić information content (AvgIpc) is 2.33. The number of aliphatic carboxylic acids is 1. The summed E-state index contributed by atoms with van der Waals surface area (Å²) >= 11 is 0. The zero-order valence-corrected chi connectivity index (χ0v) is 11.1. The van der Waals surface area contributed by atoms with Crippen LogP contribution in [0.15, 0.2) is 30.3 Å². The molecule has 1 amide bonds. The lowest BCUT2D eigenvalue weighted by Gasteiger charge is -2.42. The molecule has 1 aliphatic rings. The number of hydrogen-bond acceptors (Lipinski definition) is 2. The monoisotopic (exact) mass is 261 g/mol. The van der Waals surface area contributed by atoms with Crippen LogP contribution in [-0.2, 0) is 16.0 Å². The highest BCUT2D eigenvalue weighted by Crippen LogP contribution is 2.45. The van der Waals surface area contributed by atoms with Crippen LogP contribution in [0, 0.1) is 5.41 Å². The zero-order chi connectivity index (χ0) is 13.9. The van der Waals surface area contributed by atoms with Gasteiger partial charge >= 0.3 is 5.97 Å². The predicted molar refractivity (Wildman–Crippen MR) is 71.7 cm³/mol. The van der Waals surface area contributed by atoms with Gasteiger partial charge < -0.3 is 10.0 Å². The number of rotatable bonds is 5. The maximum Gasteiger partial charge on any atom is 0.323 e. The Morgan fingerprint density at radius 2 is 1.89 bits per heavy atom. The molecule has 4 heteroatoms. The van der Waals surface area contributed by atoms with Crippen molar-refractivity contribution in [1.29, 1.82) is 0 Å². The van der Waals surface area contributed by atoms with Gasteiger partial charge in [0.2, 0.25) is 5.91 Å². The Labute approximate surface area is 113 Å². The number of carboxylic acids is 1. The fourth-order valence-electron chi connectivity index (χ4n) is 2.74. The van der Waals surface area contributed by atoms with Gasteiger partial charge in [-0.15, -0.1) is 0 Å². The first-order valence-corrected chi connectivity index (χ1v) is 6.55. The Kier molecular flexibility index (Phi) is 3.88. The van der Waals surface area contributed by atoms with Gasteiger partial charge in [0.1, 0.15) is 6.54 Å². The zero-order valence-electron chi connectivity index (χ0n) is 11.1. The highest BCUT2D eigenvalue weighted by Gasteiger charge is 2.45. The molecule has 102 valence electrons. The Morgan fingerprint density at radius 3 is 2.37 bits per heavy atom. The largest absolute Gasteiger partial charge is 0.480 e. The van der Waals surface area contributed by atoms with E-state index in [0.29, 0.717) is 6.42 Å². The first kappa shape index (κ1) is 13.6. The van der Waals surface area contributed by atoms with Crippen molar-refractivity contribution in [2.45, 2.75) is 25.7 Å². The number of carboxylic acid groups (broad SMARTS) is 1. The third-order valence-electron chi connectivity index (χ3n) is 3.87. The number of nitrogens with zero attached hydrogens (tertiary/aromatic N) is 1. The molecule has 0 radical (unpaired) electrons. The number of likely N-dealkylation sites (N-methyl/N-ethyl adjacent to an activating group) is 1. The van der Waals surface area contributed by atoms with Crippen molar-refractivity contribution in [2.75, 3.05) is 13.6 Å². The molecule has 1 aromatic carbocycles. The van der Waals surface area contributed by atoms with Crippen molar-refractivity contribution in [2.24, 2.45) is 5.41 Å². The van der Waals surface area contributed by atoms with Gasteiger partial charge in [0, 0.05) is 7.05 Å². The van der Waals surface area contributed by atoms with Gasteiger partial charge in [-0.2, -0.15) is 0 Å². The summed E-state index contributed by atoms with van der Waals surface area (Å²) in [5, 5.41) is 8.79. The Hall–Kier alpha value is -1.84. The van der Waals surface area contributed by atoms with Crippen LogP contribution in [-0.4, -0.2) is 35.5 Å². The minimum Gasteiger partial charge on any atom is -0.480 e. The fraction of sp³-hybridized carbons (Fsp3) is 0.467. The first-order chi connectivity index (χ1) is 9.03. The Balaban J connectivity index is 2.10.